The molecule has 4 N–H and O–H groups in total. The zero-order valence-corrected chi connectivity index (χ0v) is 45.3. The highest BCUT2D eigenvalue weighted by Gasteiger charge is 2.49. The van der Waals surface area contributed by atoms with Crippen LogP contribution in [0.1, 0.15) is 119 Å². The maximum atomic E-state index is 13.8. The Morgan fingerprint density at radius 2 is 1.07 bits per heavy atom. The second-order valence-corrected chi connectivity index (χ2v) is 33.2. The van der Waals surface area contributed by atoms with Gasteiger partial charge in [-0.15, -0.1) is 0 Å². The fraction of sp³-hybridized carbons (Fsp3) is 0.640. The van der Waals surface area contributed by atoms with Crippen molar-refractivity contribution in [3.8, 4) is 0 Å². The molecule has 0 spiro atoms. The predicted octanol–water partition coefficient (Wildman–Crippen LogP) is 11.8. The van der Waals surface area contributed by atoms with Crippen LogP contribution in [0, 0.1) is 21.7 Å². The molecule has 0 radical (unpaired) electrons. The minimum absolute atomic E-state index is 0.0248. The topological polar surface area (TPSA) is 178 Å². The van der Waals surface area contributed by atoms with Crippen molar-refractivity contribution < 1.29 is 41.6 Å². The lowest BCUT2D eigenvalue weighted by Gasteiger charge is -2.38. The molecule has 68 heavy (non-hydrogen) atoms. The molecule has 2 saturated heterocycles. The van der Waals surface area contributed by atoms with Gasteiger partial charge in [-0.1, -0.05) is 41.5 Å². The number of likely N-dealkylation sites (tertiary alicyclic amines) is 2. The fourth-order valence-electron chi connectivity index (χ4n) is 8.77. The largest absolute Gasteiger partial charge is 0.444 e. The van der Waals surface area contributed by atoms with Crippen LogP contribution in [-0.2, 0) is 18.3 Å². The van der Waals surface area contributed by atoms with Gasteiger partial charge in [0.1, 0.15) is 22.8 Å². The van der Waals surface area contributed by atoms with E-state index < -0.39 is 51.7 Å². The van der Waals surface area contributed by atoms with Gasteiger partial charge in [0.15, 0.2) is 16.6 Å². The number of aromatic amines is 2. The van der Waals surface area contributed by atoms with Crippen molar-refractivity contribution in [1.82, 2.24) is 19.8 Å². The lowest BCUT2D eigenvalue weighted by atomic mass is 9.89. The van der Waals surface area contributed by atoms with Crippen molar-refractivity contribution in [3.63, 3.8) is 0 Å². The van der Waals surface area contributed by atoms with Gasteiger partial charge in [-0.25, -0.2) is 18.4 Å². The number of fused-ring (bicyclic) bond motifs is 2. The Hall–Kier alpha value is -4.37. The number of carbonyl (C=O) groups excluding carboxylic acids is 2. The van der Waals surface area contributed by atoms with Crippen LogP contribution >= 0.6 is 0 Å². The van der Waals surface area contributed by atoms with Crippen molar-refractivity contribution >= 4 is 50.6 Å². The number of nitrogens with zero attached hydrogens (tertiary/aromatic N) is 3. The summed E-state index contributed by atoms with van der Waals surface area (Å²) in [5, 5.41) is 13.4. The standard InChI is InChI=1S/C25H38FN3O5Si.C25H40FN3O3Si/c1-24(2,3)33-23(30)28-14-17(34-35(7,8)25(4,5)6)12-22(28)20(15-29(31)32)19-13-27-21-11-16(26)9-10-18(19)21;1-24(2,3)31-23(30)29-15-17(32-33(7,8)25(4,5)6)12-22(29)19(13-27)20-14-28-21-11-16(26)9-10-18(20)21/h9-11,13,17,20,22,27H,12,14-15H2,1-8H3;9-11,14,17,19,22,28H,12-13,15,27H2,1-8H3/t17-,20?,22+;17-,19?,22+/m11/s1. The molecule has 2 unspecified atom stereocenters. The summed E-state index contributed by atoms with van der Waals surface area (Å²) >= 11 is 0. The van der Waals surface area contributed by atoms with Crippen LogP contribution in [0.2, 0.25) is 36.3 Å². The SMILES string of the molecule is CC(C)(C)OC(=O)N1C[C@H](O[Si](C)(C)C(C)(C)C)C[C@H]1C(CN)c1c[nH]c2cc(F)ccc12.CC(C)(C)OC(=O)N1C[C@H](O[Si](C)(C)C(C)(C)C)C[C@H]1C(C[N+](=O)[O-])c1c[nH]c2cc(F)ccc12. The number of nitrogens with one attached hydrogen (secondary N) is 2. The molecular weight excluding hydrogens is 907 g/mol. The van der Waals surface area contributed by atoms with Gasteiger partial charge in [0.25, 0.3) is 0 Å². The fourth-order valence-corrected chi connectivity index (χ4v) is 11.5. The molecule has 4 heterocycles. The lowest BCUT2D eigenvalue weighted by Crippen LogP contribution is -2.45. The first-order valence-electron chi connectivity index (χ1n) is 23.8. The number of benzene rings is 2. The molecule has 2 aromatic heterocycles. The van der Waals surface area contributed by atoms with Gasteiger partial charge in [0, 0.05) is 70.7 Å². The lowest BCUT2D eigenvalue weighted by molar-refractivity contribution is -0.484. The molecule has 0 bridgehead atoms. The number of halogens is 2. The summed E-state index contributed by atoms with van der Waals surface area (Å²) in [4.78, 5) is 47.5. The number of hydrogen-bond acceptors (Lipinski definition) is 9. The summed E-state index contributed by atoms with van der Waals surface area (Å²) in [5.74, 6) is -1.44. The van der Waals surface area contributed by atoms with Gasteiger partial charge in [-0.3, -0.25) is 10.1 Å². The number of nitro groups is 1. The second kappa shape index (κ2) is 20.2. The van der Waals surface area contributed by atoms with E-state index in [2.05, 4.69) is 77.7 Å². The molecule has 14 nitrogen and oxygen atoms in total. The Morgan fingerprint density at radius 1 is 0.706 bits per heavy atom. The van der Waals surface area contributed by atoms with Crippen LogP contribution in [0.15, 0.2) is 48.8 Å². The van der Waals surface area contributed by atoms with Crippen LogP contribution in [0.5, 0.6) is 0 Å². The second-order valence-electron chi connectivity index (χ2n) is 23.7. The molecule has 2 amide bonds. The van der Waals surface area contributed by atoms with E-state index in [0.29, 0.717) is 48.9 Å². The molecule has 6 atom stereocenters. The summed E-state index contributed by atoms with van der Waals surface area (Å²) in [5.41, 5.74) is 7.94. The summed E-state index contributed by atoms with van der Waals surface area (Å²) in [6, 6.07) is 8.36. The highest BCUT2D eigenvalue weighted by Crippen LogP contribution is 2.44. The van der Waals surface area contributed by atoms with E-state index >= 15 is 0 Å². The van der Waals surface area contributed by atoms with Crippen molar-refractivity contribution in [3.05, 3.63) is 81.7 Å². The molecule has 2 aliphatic rings. The van der Waals surface area contributed by atoms with Crippen molar-refractivity contribution in [1.29, 1.82) is 0 Å². The van der Waals surface area contributed by atoms with Crippen LogP contribution in [-0.4, -0.2) is 115 Å². The Bertz CT molecular complexity index is 2410. The van der Waals surface area contributed by atoms with Crippen molar-refractivity contribution in [2.24, 2.45) is 5.73 Å². The van der Waals surface area contributed by atoms with Crippen molar-refractivity contribution in [2.75, 3.05) is 26.2 Å². The normalized spacial score (nSPS) is 20.6. The number of ether oxygens (including phenoxy) is 2. The van der Waals surface area contributed by atoms with Gasteiger partial charge < -0.3 is 43.8 Å². The van der Waals surface area contributed by atoms with Gasteiger partial charge in [0.2, 0.25) is 6.54 Å². The third-order valence-corrected chi connectivity index (χ3v) is 23.2. The molecule has 18 heteroatoms. The molecule has 2 fully saturated rings. The molecule has 378 valence electrons. The number of carbonyl (C=O) groups is 2. The van der Waals surface area contributed by atoms with E-state index in [0.717, 1.165) is 16.5 Å². The van der Waals surface area contributed by atoms with E-state index in [9.17, 15) is 28.5 Å². The molecule has 4 aromatic rings. The summed E-state index contributed by atoms with van der Waals surface area (Å²) in [6.07, 6.45) is 3.51. The molecule has 6 rings (SSSR count). The highest BCUT2D eigenvalue weighted by atomic mass is 28.4. The Balaban J connectivity index is 0.000000255. The molecule has 0 aliphatic carbocycles. The molecule has 2 aromatic carbocycles. The summed E-state index contributed by atoms with van der Waals surface area (Å²) in [7, 11) is -4.18. The highest BCUT2D eigenvalue weighted by molar-refractivity contribution is 6.74. The van der Waals surface area contributed by atoms with Crippen LogP contribution in [0.4, 0.5) is 18.4 Å². The molecule has 2 aliphatic heterocycles. The summed E-state index contributed by atoms with van der Waals surface area (Å²) < 4.78 is 52.3. The van der Waals surface area contributed by atoms with Gasteiger partial charge in [-0.05, 0) is 138 Å². The minimum Gasteiger partial charge on any atom is -0.444 e. The number of hydrogen-bond donors (Lipinski definition) is 3. The van der Waals surface area contributed by atoms with Gasteiger partial charge in [-0.2, -0.15) is 0 Å². The van der Waals surface area contributed by atoms with Gasteiger partial charge >= 0.3 is 12.2 Å². The summed E-state index contributed by atoms with van der Waals surface area (Å²) in [6.45, 7) is 33.6. The predicted molar refractivity (Wildman–Crippen MR) is 270 cm³/mol. The number of rotatable bonds is 11. The van der Waals surface area contributed by atoms with Crippen molar-refractivity contribution in [2.45, 2.75) is 180 Å². The van der Waals surface area contributed by atoms with Crippen LogP contribution < -0.4 is 5.73 Å². The average Bonchev–Trinajstić information content (AvgIpc) is 3.97. The molecular formula is C50H78F2N6O8Si2. The van der Waals surface area contributed by atoms with E-state index in [1.807, 2.05) is 27.0 Å². The Kier molecular flexibility index (Phi) is 16.2. The number of nitrogens with two attached hydrogens (primary N) is 1. The smallest absolute Gasteiger partial charge is 0.410 e. The minimum atomic E-state index is -2.15. The van der Waals surface area contributed by atoms with Crippen LogP contribution in [0.25, 0.3) is 21.8 Å². The number of H-pyrrole nitrogens is 2. The quantitative estimate of drug-likeness (QED) is 0.0749. The maximum absolute atomic E-state index is 13.8. The number of aromatic nitrogens is 2. The Labute approximate surface area is 403 Å². The third kappa shape index (κ3) is 13.1. The zero-order valence-electron chi connectivity index (χ0n) is 43.3. The van der Waals surface area contributed by atoms with Gasteiger partial charge in [0.05, 0.1) is 24.2 Å². The van der Waals surface area contributed by atoms with Crippen LogP contribution in [0.3, 0.4) is 0 Å². The van der Waals surface area contributed by atoms with E-state index in [1.54, 1.807) is 48.9 Å². The molecule has 0 saturated carbocycles. The van der Waals surface area contributed by atoms with E-state index in [1.165, 1.54) is 24.3 Å². The maximum Gasteiger partial charge on any atom is 0.410 e. The third-order valence-electron chi connectivity index (χ3n) is 14.1. The average molecular weight is 985 g/mol. The first-order valence-corrected chi connectivity index (χ1v) is 29.6. The first-order chi connectivity index (χ1) is 31.1. The monoisotopic (exact) mass is 985 g/mol. The first kappa shape index (κ1) is 54.6. The van der Waals surface area contributed by atoms with E-state index in [-0.39, 0.29) is 57.6 Å². The zero-order chi connectivity index (χ0) is 51.1. The number of amides is 2. The van der Waals surface area contributed by atoms with E-state index in [4.69, 9.17) is 24.1 Å². The Morgan fingerprint density at radius 3 is 1.41 bits per heavy atom.